The van der Waals surface area contributed by atoms with Gasteiger partial charge in [-0.2, -0.15) is 0 Å². The molecule has 0 atom stereocenters. The lowest BCUT2D eigenvalue weighted by atomic mass is 10.2. The zero-order chi connectivity index (χ0) is 21.8. The first-order valence-corrected chi connectivity index (χ1v) is 11.0. The van der Waals surface area contributed by atoms with Gasteiger partial charge in [0.1, 0.15) is 11.6 Å². The van der Waals surface area contributed by atoms with Crippen LogP contribution < -0.4 is 5.32 Å². The summed E-state index contributed by atoms with van der Waals surface area (Å²) in [6, 6.07) is 20.7. The molecular formula is C22H16BrFN4O2S. The molecule has 0 saturated carbocycles. The molecule has 0 aliphatic rings. The van der Waals surface area contributed by atoms with Crippen LogP contribution in [0.25, 0.3) is 17.1 Å². The molecule has 0 aliphatic heterocycles. The van der Waals surface area contributed by atoms with Gasteiger partial charge < -0.3 is 10.4 Å². The highest BCUT2D eigenvalue weighted by Gasteiger charge is 2.19. The van der Waals surface area contributed by atoms with Crippen LogP contribution in [0, 0.1) is 5.82 Å². The van der Waals surface area contributed by atoms with Crippen molar-refractivity contribution in [1.82, 2.24) is 14.8 Å². The van der Waals surface area contributed by atoms with Gasteiger partial charge in [0, 0.05) is 10.2 Å². The first-order chi connectivity index (χ1) is 15.0. The lowest BCUT2D eigenvalue weighted by Gasteiger charge is -2.11. The van der Waals surface area contributed by atoms with Crippen molar-refractivity contribution in [2.45, 2.75) is 5.16 Å². The summed E-state index contributed by atoms with van der Waals surface area (Å²) in [6.07, 6.45) is 0. The van der Waals surface area contributed by atoms with E-state index in [1.807, 2.05) is 30.3 Å². The van der Waals surface area contributed by atoms with E-state index in [0.717, 1.165) is 17.4 Å². The van der Waals surface area contributed by atoms with E-state index in [1.54, 1.807) is 34.9 Å². The summed E-state index contributed by atoms with van der Waals surface area (Å²) in [7, 11) is 0. The molecule has 1 amide bonds. The highest BCUT2D eigenvalue weighted by Crippen LogP contribution is 2.32. The van der Waals surface area contributed by atoms with E-state index in [1.165, 1.54) is 12.1 Å². The third kappa shape index (κ3) is 4.78. The Kier molecular flexibility index (Phi) is 6.34. The number of nitrogens with one attached hydrogen (secondary N) is 1. The van der Waals surface area contributed by atoms with Gasteiger partial charge in [0.25, 0.3) is 0 Å². The molecule has 2 N–H and O–H groups in total. The Labute approximate surface area is 190 Å². The third-order valence-corrected chi connectivity index (χ3v) is 5.75. The maximum atomic E-state index is 14.0. The predicted molar refractivity (Wildman–Crippen MR) is 122 cm³/mol. The summed E-state index contributed by atoms with van der Waals surface area (Å²) in [5, 5.41) is 21.8. The zero-order valence-corrected chi connectivity index (χ0v) is 18.4. The van der Waals surface area contributed by atoms with Crippen molar-refractivity contribution in [3.8, 4) is 22.8 Å². The normalized spacial score (nSPS) is 10.8. The number of aromatic nitrogens is 3. The van der Waals surface area contributed by atoms with E-state index in [9.17, 15) is 14.3 Å². The molecule has 0 bridgehead atoms. The van der Waals surface area contributed by atoms with Gasteiger partial charge >= 0.3 is 0 Å². The van der Waals surface area contributed by atoms with Crippen LogP contribution in [0.1, 0.15) is 0 Å². The van der Waals surface area contributed by atoms with Crippen LogP contribution in [-0.4, -0.2) is 31.5 Å². The summed E-state index contributed by atoms with van der Waals surface area (Å²) in [5.41, 5.74) is 1.41. The van der Waals surface area contributed by atoms with Crippen LogP contribution in [0.5, 0.6) is 5.75 Å². The molecule has 1 aromatic heterocycles. The molecular weight excluding hydrogens is 483 g/mol. The lowest BCUT2D eigenvalue weighted by molar-refractivity contribution is -0.113. The number of rotatable bonds is 6. The average Bonchev–Trinajstić information content (AvgIpc) is 3.19. The van der Waals surface area contributed by atoms with Gasteiger partial charge in [0.2, 0.25) is 5.91 Å². The fourth-order valence-corrected chi connectivity index (χ4v) is 4.00. The maximum absolute atomic E-state index is 14.0. The highest BCUT2D eigenvalue weighted by molar-refractivity contribution is 9.10. The van der Waals surface area contributed by atoms with Crippen LogP contribution in [0.4, 0.5) is 10.1 Å². The maximum Gasteiger partial charge on any atom is 0.234 e. The summed E-state index contributed by atoms with van der Waals surface area (Å²) in [6.45, 7) is 0. The molecule has 31 heavy (non-hydrogen) atoms. The van der Waals surface area contributed by atoms with Crippen LogP contribution in [0.3, 0.4) is 0 Å². The predicted octanol–water partition coefficient (Wildman–Crippen LogP) is 5.27. The lowest BCUT2D eigenvalue weighted by Crippen LogP contribution is -2.15. The molecule has 0 aliphatic carbocycles. The number of carbonyl (C=O) groups excluding carboxylic acids is 1. The molecule has 0 spiro atoms. The summed E-state index contributed by atoms with van der Waals surface area (Å²) in [4.78, 5) is 12.4. The van der Waals surface area contributed by atoms with Crippen LogP contribution in [0.15, 0.2) is 82.4 Å². The smallest absolute Gasteiger partial charge is 0.234 e. The second-order valence-electron chi connectivity index (χ2n) is 6.46. The molecule has 4 aromatic rings. The van der Waals surface area contributed by atoms with Crippen LogP contribution in [0.2, 0.25) is 0 Å². The number of halogens is 2. The molecule has 0 radical (unpaired) electrons. The number of para-hydroxylation sites is 2. The molecule has 4 rings (SSSR count). The summed E-state index contributed by atoms with van der Waals surface area (Å²) in [5.74, 6) is -0.375. The highest BCUT2D eigenvalue weighted by atomic mass is 79.9. The Morgan fingerprint density at radius 1 is 1.06 bits per heavy atom. The Bertz CT molecular complexity index is 1230. The van der Waals surface area contributed by atoms with E-state index in [2.05, 4.69) is 31.4 Å². The Hall–Kier alpha value is -3.17. The van der Waals surface area contributed by atoms with Gasteiger partial charge in [-0.3, -0.25) is 9.36 Å². The Morgan fingerprint density at radius 3 is 2.55 bits per heavy atom. The van der Waals surface area contributed by atoms with Crippen molar-refractivity contribution in [3.05, 3.63) is 83.1 Å². The number of benzene rings is 3. The first kappa shape index (κ1) is 21.1. The van der Waals surface area contributed by atoms with Crippen molar-refractivity contribution in [2.75, 3.05) is 11.1 Å². The number of thioether (sulfide) groups is 1. The van der Waals surface area contributed by atoms with Crippen molar-refractivity contribution >= 4 is 39.3 Å². The topological polar surface area (TPSA) is 80.0 Å². The second-order valence-corrected chi connectivity index (χ2v) is 8.31. The molecule has 0 saturated heterocycles. The van der Waals surface area contributed by atoms with Crippen molar-refractivity contribution in [2.24, 2.45) is 0 Å². The standard InChI is InChI=1S/C22H16BrFN4O2S/c23-14-10-11-18(17(24)12-14)25-20(30)13-31-22-27-26-21(16-8-4-5-9-19(16)29)28(22)15-6-2-1-3-7-15/h1-12,29H,13H2,(H,25,30). The Balaban J connectivity index is 1.60. The number of anilines is 1. The molecule has 0 unspecified atom stereocenters. The monoisotopic (exact) mass is 498 g/mol. The number of hydrogen-bond acceptors (Lipinski definition) is 5. The number of carbonyl (C=O) groups is 1. The SMILES string of the molecule is O=C(CSc1nnc(-c2ccccc2O)n1-c1ccccc1)Nc1ccc(Br)cc1F. The number of amides is 1. The van der Waals surface area contributed by atoms with Gasteiger partial charge in [-0.1, -0.05) is 58.0 Å². The number of nitrogens with zero attached hydrogens (tertiary/aromatic N) is 3. The summed E-state index contributed by atoms with van der Waals surface area (Å²) < 4.78 is 16.3. The molecule has 6 nitrogen and oxygen atoms in total. The van der Waals surface area contributed by atoms with Crippen molar-refractivity contribution in [1.29, 1.82) is 0 Å². The van der Waals surface area contributed by atoms with Gasteiger partial charge in [-0.05, 0) is 42.5 Å². The number of hydrogen-bond donors (Lipinski definition) is 2. The summed E-state index contributed by atoms with van der Waals surface area (Å²) >= 11 is 4.35. The zero-order valence-electron chi connectivity index (χ0n) is 16.0. The molecule has 1 heterocycles. The second kappa shape index (κ2) is 9.32. The average molecular weight is 499 g/mol. The van der Waals surface area contributed by atoms with Gasteiger partial charge in [0.05, 0.1) is 17.0 Å². The van der Waals surface area contributed by atoms with Gasteiger partial charge in [-0.25, -0.2) is 4.39 Å². The number of phenolic OH excluding ortho intramolecular Hbond substituents is 1. The third-order valence-electron chi connectivity index (χ3n) is 4.33. The van der Waals surface area contributed by atoms with E-state index >= 15 is 0 Å². The first-order valence-electron chi connectivity index (χ1n) is 9.20. The minimum absolute atomic E-state index is 0.00123. The quantitative estimate of drug-likeness (QED) is 0.354. The van der Waals surface area contributed by atoms with Crippen LogP contribution >= 0.6 is 27.7 Å². The number of phenols is 1. The minimum atomic E-state index is -0.526. The minimum Gasteiger partial charge on any atom is -0.507 e. The largest absolute Gasteiger partial charge is 0.507 e. The molecule has 9 heteroatoms. The van der Waals surface area contributed by atoms with Crippen molar-refractivity contribution in [3.63, 3.8) is 0 Å². The van der Waals surface area contributed by atoms with E-state index < -0.39 is 5.82 Å². The Morgan fingerprint density at radius 2 is 1.81 bits per heavy atom. The molecule has 3 aromatic carbocycles. The number of aromatic hydroxyl groups is 1. The van der Waals surface area contributed by atoms with Gasteiger partial charge in [0.15, 0.2) is 11.0 Å². The fraction of sp³-hybridized carbons (Fsp3) is 0.0455. The van der Waals surface area contributed by atoms with E-state index in [4.69, 9.17) is 0 Å². The van der Waals surface area contributed by atoms with E-state index in [-0.39, 0.29) is 23.1 Å². The fourth-order valence-electron chi connectivity index (χ4n) is 2.92. The molecule has 156 valence electrons. The van der Waals surface area contributed by atoms with Crippen LogP contribution in [-0.2, 0) is 4.79 Å². The van der Waals surface area contributed by atoms with Crippen molar-refractivity contribution < 1.29 is 14.3 Å². The van der Waals surface area contributed by atoms with Gasteiger partial charge in [-0.15, -0.1) is 10.2 Å². The molecule has 0 fully saturated rings. The van der Waals surface area contributed by atoms with E-state index in [0.29, 0.717) is 21.0 Å².